The van der Waals surface area contributed by atoms with Crippen LogP contribution in [0, 0.1) is 0 Å². The summed E-state index contributed by atoms with van der Waals surface area (Å²) < 4.78 is 6.40. The summed E-state index contributed by atoms with van der Waals surface area (Å²) >= 11 is 2.30. The molecule has 0 aliphatic rings. The number of hydrogen-bond acceptors (Lipinski definition) is 3. The van der Waals surface area contributed by atoms with Crippen LogP contribution in [-0.2, 0) is 0 Å². The minimum atomic E-state index is -1.90. The first-order chi connectivity index (χ1) is 9.64. The van der Waals surface area contributed by atoms with E-state index in [9.17, 15) is 0 Å². The second kappa shape index (κ2) is 5.79. The summed E-state index contributed by atoms with van der Waals surface area (Å²) in [6.45, 7) is 0. The van der Waals surface area contributed by atoms with E-state index in [1.54, 1.807) is 5.79 Å². The molecule has 0 fully saturated rings. The third-order valence-corrected chi connectivity index (χ3v) is 26.0. The van der Waals surface area contributed by atoms with Gasteiger partial charge >= 0.3 is 150 Å². The van der Waals surface area contributed by atoms with Crippen LogP contribution in [0.25, 0.3) is 19.2 Å². The van der Waals surface area contributed by atoms with Gasteiger partial charge < -0.3 is 0 Å². The van der Waals surface area contributed by atoms with Crippen LogP contribution in [0.4, 0.5) is 0 Å². The van der Waals surface area contributed by atoms with Crippen molar-refractivity contribution >= 4 is 86.0 Å². The first-order valence-electron chi connectivity index (χ1n) is 7.29. The molecule has 0 unspecified atom stereocenters. The second-order valence-corrected chi connectivity index (χ2v) is 41.7. The predicted octanol–water partition coefficient (Wildman–Crippen LogP) is 5.78. The van der Waals surface area contributed by atoms with Crippen LogP contribution < -0.4 is 5.79 Å². The van der Waals surface area contributed by atoms with E-state index in [-0.39, 0.29) is 0 Å². The molecule has 0 aromatic carbocycles. The number of fused-ring (bicyclic) bond motifs is 1. The molecule has 112 valence electrons. The summed E-state index contributed by atoms with van der Waals surface area (Å²) in [5.74, 6) is 0. The Bertz CT molecular complexity index is 747. The Hall–Kier alpha value is 0.957. The van der Waals surface area contributed by atoms with Crippen LogP contribution in [-0.4, -0.2) is 36.8 Å². The van der Waals surface area contributed by atoms with Crippen LogP contribution in [0.15, 0.2) is 24.3 Å². The molecule has 0 N–H and O–H groups in total. The molecule has 0 radical (unpaired) electrons. The average molecular weight is 548 g/mol. The van der Waals surface area contributed by atoms with Gasteiger partial charge in [-0.3, -0.25) is 0 Å². The van der Waals surface area contributed by atoms with Crippen molar-refractivity contribution in [3.63, 3.8) is 0 Å². The van der Waals surface area contributed by atoms with E-state index in [1.807, 2.05) is 22.7 Å². The van der Waals surface area contributed by atoms with Gasteiger partial charge in [0.1, 0.15) is 0 Å². The molecule has 0 aliphatic heterocycles. The Morgan fingerprint density at radius 3 is 1.76 bits per heavy atom. The van der Waals surface area contributed by atoms with Gasteiger partial charge in [0.25, 0.3) is 0 Å². The Balaban J connectivity index is 1.98. The van der Waals surface area contributed by atoms with Crippen LogP contribution in [0.5, 0.6) is 0 Å². The maximum absolute atomic E-state index is 2.51. The van der Waals surface area contributed by atoms with Crippen molar-refractivity contribution < 1.29 is 0 Å². The third kappa shape index (κ3) is 3.57. The summed E-state index contributed by atoms with van der Waals surface area (Å²) in [5, 5.41) is 0. The van der Waals surface area contributed by atoms with Gasteiger partial charge in [-0.25, -0.2) is 0 Å². The molecule has 21 heavy (non-hydrogen) atoms. The summed E-state index contributed by atoms with van der Waals surface area (Å²) in [6, 6.07) is 9.66. The van der Waals surface area contributed by atoms with E-state index in [0.717, 1.165) is 0 Å². The standard InChI is InChI=1S/C10H4S3.6CH3.2Sn/c1-2-7(11-4-1)10-6-9-8(13-10)3-5-12-9;;;;;;;;/h1-3,6H;6*1H3;;. The summed E-state index contributed by atoms with van der Waals surface area (Å²) in [7, 11) is 0. The molecule has 0 amide bonds. The van der Waals surface area contributed by atoms with Crippen molar-refractivity contribution in [2.45, 2.75) is 29.6 Å². The summed E-state index contributed by atoms with van der Waals surface area (Å²) in [5.41, 5.74) is 0. The molecule has 0 bridgehead atoms. The Kier molecular flexibility index (Phi) is 4.64. The first kappa shape index (κ1) is 16.8. The second-order valence-electron chi connectivity index (χ2n) is 7.61. The van der Waals surface area contributed by atoms with Crippen molar-refractivity contribution in [1.82, 2.24) is 0 Å². The molecule has 3 aromatic heterocycles. The van der Waals surface area contributed by atoms with Gasteiger partial charge in [0.05, 0.1) is 0 Å². The molecular formula is C16H22S3Sn2. The van der Waals surface area contributed by atoms with Gasteiger partial charge in [-0.15, -0.1) is 0 Å². The van der Waals surface area contributed by atoms with E-state index in [0.29, 0.717) is 0 Å². The molecular weight excluding hydrogens is 526 g/mol. The first-order valence-corrected chi connectivity index (χ1v) is 29.7. The summed E-state index contributed by atoms with van der Waals surface area (Å²) in [6.07, 6.45) is 0. The van der Waals surface area contributed by atoms with Crippen LogP contribution in [0.3, 0.4) is 0 Å². The molecule has 0 saturated heterocycles. The van der Waals surface area contributed by atoms with Crippen molar-refractivity contribution in [2.24, 2.45) is 0 Å². The fourth-order valence-electron chi connectivity index (χ4n) is 2.20. The number of thiophene rings is 3. The molecule has 3 heterocycles. The van der Waals surface area contributed by atoms with Crippen molar-refractivity contribution in [3.05, 3.63) is 24.3 Å². The monoisotopic (exact) mass is 550 g/mol. The van der Waals surface area contributed by atoms with Gasteiger partial charge in [0, 0.05) is 0 Å². The molecule has 0 spiro atoms. The van der Waals surface area contributed by atoms with Crippen molar-refractivity contribution in [1.29, 1.82) is 0 Å². The Labute approximate surface area is 148 Å². The van der Waals surface area contributed by atoms with E-state index < -0.39 is 36.8 Å². The van der Waals surface area contributed by atoms with E-state index in [4.69, 9.17) is 0 Å². The average Bonchev–Trinajstić information content (AvgIpc) is 2.99. The zero-order valence-electron chi connectivity index (χ0n) is 13.5. The van der Waals surface area contributed by atoms with Crippen LogP contribution >= 0.6 is 34.0 Å². The van der Waals surface area contributed by atoms with Crippen LogP contribution in [0.2, 0.25) is 29.6 Å². The van der Waals surface area contributed by atoms with Crippen molar-refractivity contribution in [2.75, 3.05) is 0 Å². The molecule has 0 saturated carbocycles. The van der Waals surface area contributed by atoms with Crippen molar-refractivity contribution in [3.8, 4) is 9.75 Å². The van der Waals surface area contributed by atoms with Gasteiger partial charge in [0.2, 0.25) is 0 Å². The van der Waals surface area contributed by atoms with Gasteiger partial charge in [-0.2, -0.15) is 0 Å². The van der Waals surface area contributed by atoms with E-state index in [1.165, 1.54) is 19.2 Å². The Morgan fingerprint density at radius 1 is 0.619 bits per heavy atom. The summed E-state index contributed by atoms with van der Waals surface area (Å²) in [4.78, 5) is 18.0. The molecule has 0 atom stereocenters. The molecule has 5 heteroatoms. The predicted molar refractivity (Wildman–Crippen MR) is 109 cm³/mol. The minimum absolute atomic E-state index is 1.47. The van der Waals surface area contributed by atoms with E-state index in [2.05, 4.69) is 65.2 Å². The third-order valence-electron chi connectivity index (χ3n) is 3.53. The van der Waals surface area contributed by atoms with Gasteiger partial charge in [0.15, 0.2) is 0 Å². The van der Waals surface area contributed by atoms with Gasteiger partial charge in [-0.05, 0) is 0 Å². The number of rotatable bonds is 3. The van der Waals surface area contributed by atoms with Crippen LogP contribution in [0.1, 0.15) is 0 Å². The van der Waals surface area contributed by atoms with E-state index >= 15 is 0 Å². The molecule has 3 rings (SSSR count). The molecule has 0 nitrogen and oxygen atoms in total. The fourth-order valence-corrected chi connectivity index (χ4v) is 16.5. The number of hydrogen-bond donors (Lipinski definition) is 0. The Morgan fingerprint density at radius 2 is 1.24 bits per heavy atom. The maximum atomic E-state index is 2.51. The normalized spacial score (nSPS) is 13.2. The SMILES string of the molecule is [CH3][Sn]([CH3])([CH3])[c]1ccc(-c2cc3s[c]([Sn]([CH3])([CH3])[CH3])cc3s2)s1. The molecule has 3 aromatic rings. The van der Waals surface area contributed by atoms with Gasteiger partial charge in [-0.1, -0.05) is 0 Å². The molecule has 0 aliphatic carbocycles. The zero-order chi connectivity index (χ0) is 15.4. The quantitative estimate of drug-likeness (QED) is 0.365. The topological polar surface area (TPSA) is 0 Å². The fraction of sp³-hybridized carbons (Fsp3) is 0.375. The zero-order valence-corrected chi connectivity index (χ0v) is 21.7.